The summed E-state index contributed by atoms with van der Waals surface area (Å²) in [6, 6.07) is 0. The summed E-state index contributed by atoms with van der Waals surface area (Å²) in [7, 11) is 0. The molecule has 5 heteroatoms. The van der Waals surface area contributed by atoms with E-state index in [9.17, 15) is 0 Å². The molecule has 0 spiro atoms. The van der Waals surface area contributed by atoms with Gasteiger partial charge in [-0.25, -0.2) is 15.0 Å². The van der Waals surface area contributed by atoms with Crippen LogP contribution in [0.2, 0.25) is 0 Å². The van der Waals surface area contributed by atoms with Crippen LogP contribution in [0, 0.1) is 0 Å². The Morgan fingerprint density at radius 3 is 3.23 bits per heavy atom. The molecule has 66 valence electrons. The molecule has 0 amide bonds. The maximum Gasteiger partial charge on any atom is 0.182 e. The van der Waals surface area contributed by atoms with E-state index in [0.29, 0.717) is 12.4 Å². The molecule has 2 rings (SSSR count). The van der Waals surface area contributed by atoms with Crippen molar-refractivity contribution in [3.63, 3.8) is 0 Å². The summed E-state index contributed by atoms with van der Waals surface area (Å²) in [5.74, 6) is 0.664. The zero-order chi connectivity index (χ0) is 9.10. The predicted octanol–water partition coefficient (Wildman–Crippen LogP) is 0.507. The maximum absolute atomic E-state index is 4.09. The Labute approximate surface area is 75.5 Å². The van der Waals surface area contributed by atoms with Crippen LogP contribution < -0.4 is 5.43 Å². The minimum atomic E-state index is 0.664. The van der Waals surface area contributed by atoms with Crippen LogP contribution in [0.15, 0.2) is 31.5 Å². The molecule has 0 aromatic heterocycles. The lowest BCUT2D eigenvalue weighted by atomic mass is 10.4. The number of imidazole rings is 1. The van der Waals surface area contributed by atoms with Gasteiger partial charge in [0, 0.05) is 6.54 Å². The van der Waals surface area contributed by atoms with Gasteiger partial charge in [0.2, 0.25) is 0 Å². The molecule has 2 heterocycles. The first-order valence-electron chi connectivity index (χ1n) is 3.89. The molecule has 0 saturated carbocycles. The Kier molecular flexibility index (Phi) is 1.91. The number of hydrogen-bond donors (Lipinski definition) is 1. The standard InChI is InChI=1S/C8H9N5/c1-2-3-12-13-4-7-8(11-6-13)10-5-9-7/h2,4-6,12H,1,3H2. The molecule has 0 aromatic rings. The number of fused-ring (bicyclic) bond motifs is 1. The van der Waals surface area contributed by atoms with Crippen molar-refractivity contribution in [3.05, 3.63) is 31.5 Å². The van der Waals surface area contributed by atoms with Gasteiger partial charge < -0.3 is 5.43 Å². The molecule has 0 saturated heterocycles. The van der Waals surface area contributed by atoms with Gasteiger partial charge in [-0.3, -0.25) is 4.68 Å². The second-order valence-corrected chi connectivity index (χ2v) is 2.51. The van der Waals surface area contributed by atoms with E-state index in [4.69, 9.17) is 0 Å². The van der Waals surface area contributed by atoms with E-state index in [1.165, 1.54) is 6.33 Å². The van der Waals surface area contributed by atoms with Crippen LogP contribution in [0.1, 0.15) is 0 Å². The normalized spacial score (nSPS) is 10.2. The molecule has 1 N–H and O–H groups in total. The highest BCUT2D eigenvalue weighted by atomic mass is 15.4. The fourth-order valence-electron chi connectivity index (χ4n) is 0.999. The van der Waals surface area contributed by atoms with Crippen LogP contribution in [0.4, 0.5) is 0 Å². The topological polar surface area (TPSA) is 55.6 Å². The summed E-state index contributed by atoms with van der Waals surface area (Å²) in [4.78, 5) is 12.1. The molecule has 5 nitrogen and oxygen atoms in total. The van der Waals surface area contributed by atoms with Crippen LogP contribution in [-0.2, 0) is 0 Å². The van der Waals surface area contributed by atoms with Crippen molar-refractivity contribution in [2.75, 3.05) is 12.0 Å². The van der Waals surface area contributed by atoms with Crippen LogP contribution >= 0.6 is 0 Å². The number of nitrogens with zero attached hydrogens (tertiary/aromatic N) is 4. The smallest absolute Gasteiger partial charge is 0.182 e. The Bertz CT molecular complexity index is 380. The third kappa shape index (κ3) is 1.48. The van der Waals surface area contributed by atoms with Gasteiger partial charge in [-0.05, 0) is 0 Å². The molecule has 13 heavy (non-hydrogen) atoms. The Morgan fingerprint density at radius 1 is 1.46 bits per heavy atom. The number of aromatic nitrogens is 4. The lowest BCUT2D eigenvalue weighted by molar-refractivity contribution is 0.843. The van der Waals surface area contributed by atoms with Gasteiger partial charge in [0.15, 0.2) is 5.82 Å². The average molecular weight is 175 g/mol. The van der Waals surface area contributed by atoms with Gasteiger partial charge in [-0.1, -0.05) is 6.08 Å². The predicted molar refractivity (Wildman–Crippen MR) is 48.9 cm³/mol. The Balaban J connectivity index is 2.27. The largest absolute Gasteiger partial charge is 0.321 e. The second-order valence-electron chi connectivity index (χ2n) is 2.51. The van der Waals surface area contributed by atoms with E-state index < -0.39 is 0 Å². The SMILES string of the molecule is C=CCNn1cnc2ncnc-2c1. The minimum absolute atomic E-state index is 0.664. The minimum Gasteiger partial charge on any atom is -0.321 e. The first-order valence-corrected chi connectivity index (χ1v) is 3.89. The molecule has 0 aliphatic carbocycles. The lowest BCUT2D eigenvalue weighted by Crippen LogP contribution is -2.15. The molecule has 0 aromatic carbocycles. The number of hydrogen-bond acceptors (Lipinski definition) is 4. The van der Waals surface area contributed by atoms with Gasteiger partial charge in [0.25, 0.3) is 0 Å². The number of rotatable bonds is 3. The molecular weight excluding hydrogens is 166 g/mol. The van der Waals surface area contributed by atoms with Crippen molar-refractivity contribution in [2.24, 2.45) is 0 Å². The quantitative estimate of drug-likeness (QED) is 0.690. The summed E-state index contributed by atoms with van der Waals surface area (Å²) in [6.45, 7) is 4.29. The zero-order valence-corrected chi connectivity index (χ0v) is 7.01. The van der Waals surface area contributed by atoms with Crippen molar-refractivity contribution >= 4 is 0 Å². The average Bonchev–Trinajstić information content (AvgIpc) is 2.61. The highest BCUT2D eigenvalue weighted by Crippen LogP contribution is 2.10. The van der Waals surface area contributed by atoms with Crippen molar-refractivity contribution in [1.82, 2.24) is 19.6 Å². The summed E-state index contributed by atoms with van der Waals surface area (Å²) in [5.41, 5.74) is 3.82. The fraction of sp³-hybridized carbons (Fsp3) is 0.125. The van der Waals surface area contributed by atoms with Crippen molar-refractivity contribution in [2.45, 2.75) is 0 Å². The molecule has 2 aliphatic heterocycles. The van der Waals surface area contributed by atoms with Gasteiger partial charge >= 0.3 is 0 Å². The molecule has 0 bridgehead atoms. The third-order valence-electron chi connectivity index (χ3n) is 1.59. The first-order chi connectivity index (χ1) is 6.40. The Hall–Kier alpha value is -1.91. The van der Waals surface area contributed by atoms with E-state index in [2.05, 4.69) is 27.0 Å². The number of nitrogens with one attached hydrogen (secondary N) is 1. The zero-order valence-electron chi connectivity index (χ0n) is 7.01. The van der Waals surface area contributed by atoms with Crippen molar-refractivity contribution in [3.8, 4) is 11.5 Å². The molecule has 0 fully saturated rings. The highest BCUT2D eigenvalue weighted by molar-refractivity contribution is 5.47. The summed E-state index contributed by atoms with van der Waals surface area (Å²) >= 11 is 0. The van der Waals surface area contributed by atoms with Gasteiger partial charge in [-0.15, -0.1) is 6.58 Å². The molecule has 0 radical (unpaired) electrons. The molecule has 0 unspecified atom stereocenters. The molecular formula is C8H9N5. The van der Waals surface area contributed by atoms with E-state index in [1.807, 2.05) is 6.20 Å². The van der Waals surface area contributed by atoms with Crippen molar-refractivity contribution < 1.29 is 0 Å². The van der Waals surface area contributed by atoms with Crippen LogP contribution in [0.3, 0.4) is 0 Å². The first kappa shape index (κ1) is 7.72. The van der Waals surface area contributed by atoms with Crippen LogP contribution in [0.5, 0.6) is 0 Å². The van der Waals surface area contributed by atoms with Gasteiger partial charge in [-0.2, -0.15) is 0 Å². The molecule has 0 atom stereocenters. The van der Waals surface area contributed by atoms with Crippen LogP contribution in [-0.4, -0.2) is 26.2 Å². The van der Waals surface area contributed by atoms with Gasteiger partial charge in [0.05, 0.1) is 6.20 Å². The van der Waals surface area contributed by atoms with Crippen molar-refractivity contribution in [1.29, 1.82) is 0 Å². The molecule has 2 aliphatic rings. The fourth-order valence-corrected chi connectivity index (χ4v) is 0.999. The maximum atomic E-state index is 4.09. The second kappa shape index (κ2) is 3.22. The lowest BCUT2D eigenvalue weighted by Gasteiger charge is -2.07. The summed E-state index contributed by atoms with van der Waals surface area (Å²) < 4.78 is 1.73. The summed E-state index contributed by atoms with van der Waals surface area (Å²) in [5, 5.41) is 0. The van der Waals surface area contributed by atoms with Crippen LogP contribution in [0.25, 0.3) is 11.5 Å². The van der Waals surface area contributed by atoms with Gasteiger partial charge in [0.1, 0.15) is 18.3 Å². The third-order valence-corrected chi connectivity index (χ3v) is 1.59. The highest BCUT2D eigenvalue weighted by Gasteiger charge is 2.05. The summed E-state index contributed by atoms with van der Waals surface area (Å²) in [6.07, 6.45) is 6.75. The van der Waals surface area contributed by atoms with E-state index in [0.717, 1.165) is 5.69 Å². The Morgan fingerprint density at radius 2 is 2.38 bits per heavy atom. The van der Waals surface area contributed by atoms with E-state index in [-0.39, 0.29) is 0 Å². The van der Waals surface area contributed by atoms with E-state index >= 15 is 0 Å². The van der Waals surface area contributed by atoms with E-state index in [1.54, 1.807) is 17.1 Å². The monoisotopic (exact) mass is 175 g/mol.